The van der Waals surface area contributed by atoms with Gasteiger partial charge in [-0.15, -0.1) is 0 Å². The molecule has 2 aromatic rings. The Morgan fingerprint density at radius 1 is 1.08 bits per heavy atom. The smallest absolute Gasteiger partial charge is 0.0404 e. The molecule has 1 nitrogen and oxygen atoms in total. The highest BCUT2D eigenvalue weighted by Crippen LogP contribution is 2.33. The van der Waals surface area contributed by atoms with Crippen LogP contribution >= 0.6 is 0 Å². The highest BCUT2D eigenvalue weighted by atomic mass is 15.1. The first-order chi connectivity index (χ1) is 17.5. The number of anilines is 1. The first-order valence-electron chi connectivity index (χ1n) is 14.8. The number of allylic oxidation sites excluding steroid dienone is 3. The summed E-state index contributed by atoms with van der Waals surface area (Å²) in [6.45, 7) is 15.7. The van der Waals surface area contributed by atoms with Crippen LogP contribution < -0.4 is 4.90 Å². The van der Waals surface area contributed by atoms with Crippen molar-refractivity contribution in [2.75, 3.05) is 18.0 Å². The van der Waals surface area contributed by atoms with Gasteiger partial charge in [-0.2, -0.15) is 0 Å². The lowest BCUT2D eigenvalue weighted by Crippen LogP contribution is -2.29. The summed E-state index contributed by atoms with van der Waals surface area (Å²) in [7, 11) is 0. The summed E-state index contributed by atoms with van der Waals surface area (Å²) in [6, 6.07) is 16.2. The van der Waals surface area contributed by atoms with E-state index in [1.165, 1.54) is 111 Å². The van der Waals surface area contributed by atoms with Gasteiger partial charge in [-0.25, -0.2) is 0 Å². The fraction of sp³-hybridized carbons (Fsp3) is 0.543. The Kier molecular flexibility index (Phi) is 11.9. The number of rotatable bonds is 14. The van der Waals surface area contributed by atoms with Crippen LogP contribution in [0.15, 0.2) is 61.2 Å². The van der Waals surface area contributed by atoms with Crippen molar-refractivity contribution >= 4 is 11.3 Å². The summed E-state index contributed by atoms with van der Waals surface area (Å²) < 4.78 is 0. The van der Waals surface area contributed by atoms with Gasteiger partial charge in [-0.3, -0.25) is 0 Å². The first-order valence-corrected chi connectivity index (χ1v) is 14.8. The van der Waals surface area contributed by atoms with E-state index in [4.69, 9.17) is 0 Å². The van der Waals surface area contributed by atoms with Gasteiger partial charge >= 0.3 is 0 Å². The van der Waals surface area contributed by atoms with Crippen molar-refractivity contribution in [1.29, 1.82) is 0 Å². The molecule has 1 aliphatic heterocycles. The minimum Gasteiger partial charge on any atom is -0.371 e. The Hall–Kier alpha value is -2.28. The Bertz CT molecular complexity index is 968. The molecule has 36 heavy (non-hydrogen) atoms. The molecular weight excluding hydrogens is 434 g/mol. The zero-order chi connectivity index (χ0) is 25.8. The zero-order valence-electron chi connectivity index (χ0n) is 23.7. The average molecular weight is 486 g/mol. The summed E-state index contributed by atoms with van der Waals surface area (Å²) in [6.07, 6.45) is 18.4. The molecule has 196 valence electrons. The van der Waals surface area contributed by atoms with Gasteiger partial charge in [-0.1, -0.05) is 87.9 Å². The topological polar surface area (TPSA) is 3.24 Å². The third kappa shape index (κ3) is 8.99. The van der Waals surface area contributed by atoms with Crippen molar-refractivity contribution in [3.8, 4) is 0 Å². The monoisotopic (exact) mass is 485 g/mol. The van der Waals surface area contributed by atoms with Gasteiger partial charge in [-0.05, 0) is 111 Å². The molecule has 0 N–H and O–H groups in total. The van der Waals surface area contributed by atoms with Crippen LogP contribution in [0.3, 0.4) is 0 Å². The molecular formula is C35H51N. The standard InChI is InChI=1S/C35H51N/c1-6-28(3)15-11-9-8-10-12-24-36-27-32(19-14-18-31-17-13-16-29(4)25-31)20-21-33-22-23-34(26-35(33)36)30(5)7-2/h9,11,13,16-17,22-23,25-26,28,32H,5-8,10,12,14-15,18-21,24,27H2,1-4H3/b11-9+/t28-,32?/m1/s1. The van der Waals surface area contributed by atoms with E-state index in [-0.39, 0.29) is 0 Å². The second kappa shape index (κ2) is 15.1. The fourth-order valence-electron chi connectivity index (χ4n) is 5.44. The number of fused-ring (bicyclic) bond motifs is 1. The van der Waals surface area contributed by atoms with Crippen LogP contribution in [-0.4, -0.2) is 13.1 Å². The lowest BCUT2D eigenvalue weighted by atomic mass is 9.94. The van der Waals surface area contributed by atoms with E-state index >= 15 is 0 Å². The van der Waals surface area contributed by atoms with Gasteiger partial charge in [0.05, 0.1) is 0 Å². The van der Waals surface area contributed by atoms with Crippen molar-refractivity contribution < 1.29 is 0 Å². The predicted octanol–water partition coefficient (Wildman–Crippen LogP) is 9.97. The van der Waals surface area contributed by atoms with E-state index in [1.807, 2.05) is 0 Å². The minimum atomic E-state index is 0.774. The third-order valence-corrected chi connectivity index (χ3v) is 8.17. The summed E-state index contributed by atoms with van der Waals surface area (Å²) in [4.78, 5) is 2.73. The molecule has 3 rings (SSSR count). The van der Waals surface area contributed by atoms with E-state index in [9.17, 15) is 0 Å². The van der Waals surface area contributed by atoms with Crippen LogP contribution in [0.2, 0.25) is 0 Å². The number of hydrogen-bond donors (Lipinski definition) is 0. The lowest BCUT2D eigenvalue weighted by Gasteiger charge is -2.28. The Balaban J connectivity index is 1.61. The molecule has 2 aromatic carbocycles. The van der Waals surface area contributed by atoms with Gasteiger partial charge in [0, 0.05) is 18.8 Å². The van der Waals surface area contributed by atoms with Gasteiger partial charge in [0.1, 0.15) is 0 Å². The lowest BCUT2D eigenvalue weighted by molar-refractivity contribution is 0.439. The largest absolute Gasteiger partial charge is 0.371 e. The first kappa shape index (κ1) is 28.3. The molecule has 0 amide bonds. The number of aryl methyl sites for hydroxylation is 3. The summed E-state index contributed by atoms with van der Waals surface area (Å²) in [5, 5.41) is 0. The molecule has 0 fully saturated rings. The molecule has 1 aliphatic rings. The van der Waals surface area contributed by atoms with Gasteiger partial charge in [0.25, 0.3) is 0 Å². The molecule has 0 radical (unpaired) electrons. The maximum atomic E-state index is 4.33. The van der Waals surface area contributed by atoms with Crippen molar-refractivity contribution in [1.82, 2.24) is 0 Å². The maximum Gasteiger partial charge on any atom is 0.0404 e. The number of nitrogens with zero attached hydrogens (tertiary/aromatic N) is 1. The molecule has 0 saturated carbocycles. The van der Waals surface area contributed by atoms with E-state index < -0.39 is 0 Å². The van der Waals surface area contributed by atoms with Gasteiger partial charge in [0.15, 0.2) is 0 Å². The van der Waals surface area contributed by atoms with E-state index in [1.54, 1.807) is 0 Å². The summed E-state index contributed by atoms with van der Waals surface area (Å²) in [5.41, 5.74) is 8.47. The average Bonchev–Trinajstić information content (AvgIpc) is 3.06. The van der Waals surface area contributed by atoms with Crippen molar-refractivity contribution in [2.45, 2.75) is 98.3 Å². The highest BCUT2D eigenvalue weighted by Gasteiger charge is 2.22. The van der Waals surface area contributed by atoms with Crippen LogP contribution in [0, 0.1) is 18.8 Å². The molecule has 2 atom stereocenters. The van der Waals surface area contributed by atoms with Crippen molar-refractivity contribution in [3.63, 3.8) is 0 Å². The SMILES string of the molecule is C=C(CC)c1ccc2c(c1)N(CCCC/C=C/C[C@H](C)CC)CC(CCCc1cccc(C)c1)CC2. The molecule has 0 saturated heterocycles. The molecule has 1 unspecified atom stereocenters. The van der Waals surface area contributed by atoms with E-state index in [0.29, 0.717) is 0 Å². The van der Waals surface area contributed by atoms with Gasteiger partial charge in [0.2, 0.25) is 0 Å². The molecule has 0 aliphatic carbocycles. The third-order valence-electron chi connectivity index (χ3n) is 8.17. The number of benzene rings is 2. The van der Waals surface area contributed by atoms with Crippen molar-refractivity contribution in [2.24, 2.45) is 11.8 Å². The fourth-order valence-corrected chi connectivity index (χ4v) is 5.44. The quantitative estimate of drug-likeness (QED) is 0.190. The Morgan fingerprint density at radius 2 is 1.94 bits per heavy atom. The Labute approximate surface area is 222 Å². The molecule has 0 bridgehead atoms. The second-order valence-electron chi connectivity index (χ2n) is 11.2. The zero-order valence-corrected chi connectivity index (χ0v) is 23.7. The van der Waals surface area contributed by atoms with Crippen molar-refractivity contribution in [3.05, 3.63) is 83.4 Å². The molecule has 0 aromatic heterocycles. The molecule has 0 spiro atoms. The molecule has 1 heteroatoms. The summed E-state index contributed by atoms with van der Waals surface area (Å²) >= 11 is 0. The van der Waals surface area contributed by atoms with Crippen LogP contribution in [-0.2, 0) is 12.8 Å². The van der Waals surface area contributed by atoms with Gasteiger partial charge < -0.3 is 4.90 Å². The number of unbranched alkanes of at least 4 members (excludes halogenated alkanes) is 2. The summed E-state index contributed by atoms with van der Waals surface area (Å²) in [5.74, 6) is 1.58. The Morgan fingerprint density at radius 3 is 2.72 bits per heavy atom. The minimum absolute atomic E-state index is 0.774. The number of hydrogen-bond acceptors (Lipinski definition) is 1. The van der Waals surface area contributed by atoms with Crippen LogP contribution in [0.5, 0.6) is 0 Å². The second-order valence-corrected chi connectivity index (χ2v) is 11.2. The van der Waals surface area contributed by atoms with Crippen LogP contribution in [0.25, 0.3) is 5.57 Å². The predicted molar refractivity (Wildman–Crippen MR) is 161 cm³/mol. The normalized spacial score (nSPS) is 16.7. The maximum absolute atomic E-state index is 4.33. The highest BCUT2D eigenvalue weighted by molar-refractivity contribution is 5.69. The van der Waals surface area contributed by atoms with Crippen LogP contribution in [0.1, 0.15) is 101 Å². The molecule has 1 heterocycles. The van der Waals surface area contributed by atoms with E-state index in [2.05, 4.69) is 93.8 Å². The van der Waals surface area contributed by atoms with E-state index in [0.717, 1.165) is 18.3 Å². The van der Waals surface area contributed by atoms with Crippen LogP contribution in [0.4, 0.5) is 5.69 Å².